The SMILES string of the molecule is CN1C(=O)[C@H](NC(=O)c2cc(Oc3cccc(F)c3)ccn2)COc2ccc(C#CC(C)(C)C)cc21. The minimum absolute atomic E-state index is 0.0425. The topological polar surface area (TPSA) is 80.8 Å². The van der Waals surface area contributed by atoms with Gasteiger partial charge in [0.25, 0.3) is 11.8 Å². The maximum atomic E-state index is 13.4. The van der Waals surface area contributed by atoms with Crippen LogP contribution < -0.4 is 19.7 Å². The van der Waals surface area contributed by atoms with Gasteiger partial charge in [-0.3, -0.25) is 14.6 Å². The zero-order valence-electron chi connectivity index (χ0n) is 20.5. The van der Waals surface area contributed by atoms with Crippen molar-refractivity contribution in [2.24, 2.45) is 5.41 Å². The minimum Gasteiger partial charge on any atom is -0.489 e. The van der Waals surface area contributed by atoms with Crippen molar-refractivity contribution in [2.75, 3.05) is 18.6 Å². The van der Waals surface area contributed by atoms with Gasteiger partial charge in [0.05, 0.1) is 5.69 Å². The van der Waals surface area contributed by atoms with Crippen molar-refractivity contribution in [1.82, 2.24) is 10.3 Å². The highest BCUT2D eigenvalue weighted by atomic mass is 19.1. The zero-order valence-corrected chi connectivity index (χ0v) is 20.5. The van der Waals surface area contributed by atoms with Gasteiger partial charge in [-0.15, -0.1) is 0 Å². The molecule has 1 aromatic heterocycles. The number of likely N-dealkylation sites (N-methyl/N-ethyl adjacent to an activating group) is 1. The highest BCUT2D eigenvalue weighted by Crippen LogP contribution is 2.31. The van der Waals surface area contributed by atoms with Gasteiger partial charge in [-0.05, 0) is 57.2 Å². The highest BCUT2D eigenvalue weighted by Gasteiger charge is 2.31. The first-order chi connectivity index (χ1) is 17.1. The van der Waals surface area contributed by atoms with Crippen LogP contribution in [0.3, 0.4) is 0 Å². The molecule has 0 fully saturated rings. The molecule has 0 bridgehead atoms. The van der Waals surface area contributed by atoms with E-state index in [0.29, 0.717) is 17.2 Å². The fourth-order valence-corrected chi connectivity index (χ4v) is 3.44. The van der Waals surface area contributed by atoms with Crippen LogP contribution in [0.5, 0.6) is 17.2 Å². The summed E-state index contributed by atoms with van der Waals surface area (Å²) in [5.74, 6) is 6.06. The van der Waals surface area contributed by atoms with Crippen LogP contribution >= 0.6 is 0 Å². The molecule has 4 rings (SSSR count). The average Bonchev–Trinajstić information content (AvgIpc) is 2.94. The van der Waals surface area contributed by atoms with E-state index in [1.54, 1.807) is 31.3 Å². The molecule has 0 aliphatic carbocycles. The molecular formula is C28H26FN3O4. The molecule has 184 valence electrons. The van der Waals surface area contributed by atoms with E-state index in [9.17, 15) is 14.0 Å². The van der Waals surface area contributed by atoms with E-state index in [1.165, 1.54) is 35.4 Å². The Morgan fingerprint density at radius 1 is 1.17 bits per heavy atom. The lowest BCUT2D eigenvalue weighted by Crippen LogP contribution is -2.49. The molecule has 8 heteroatoms. The van der Waals surface area contributed by atoms with Gasteiger partial charge in [0.15, 0.2) is 0 Å². The predicted octanol–water partition coefficient (Wildman–Crippen LogP) is 4.56. The Morgan fingerprint density at radius 3 is 2.69 bits per heavy atom. The van der Waals surface area contributed by atoms with Crippen molar-refractivity contribution in [3.8, 4) is 29.1 Å². The van der Waals surface area contributed by atoms with Crippen LogP contribution in [-0.2, 0) is 4.79 Å². The van der Waals surface area contributed by atoms with Crippen molar-refractivity contribution in [1.29, 1.82) is 0 Å². The molecule has 1 N–H and O–H groups in total. The lowest BCUT2D eigenvalue weighted by atomic mass is 9.97. The fourth-order valence-electron chi connectivity index (χ4n) is 3.44. The largest absolute Gasteiger partial charge is 0.489 e. The lowest BCUT2D eigenvalue weighted by molar-refractivity contribution is -0.120. The lowest BCUT2D eigenvalue weighted by Gasteiger charge is -2.20. The van der Waals surface area contributed by atoms with Crippen LogP contribution in [0.1, 0.15) is 36.8 Å². The fraction of sp³-hybridized carbons (Fsp3) is 0.250. The number of aromatic nitrogens is 1. The van der Waals surface area contributed by atoms with E-state index in [0.717, 1.165) is 5.56 Å². The Labute approximate surface area is 209 Å². The quantitative estimate of drug-likeness (QED) is 0.546. The first-order valence-electron chi connectivity index (χ1n) is 11.4. The predicted molar refractivity (Wildman–Crippen MR) is 134 cm³/mol. The molecule has 3 aromatic rings. The van der Waals surface area contributed by atoms with Crippen LogP contribution in [-0.4, -0.2) is 36.5 Å². The van der Waals surface area contributed by atoms with E-state index < -0.39 is 17.8 Å². The summed E-state index contributed by atoms with van der Waals surface area (Å²) in [7, 11) is 1.63. The summed E-state index contributed by atoms with van der Waals surface area (Å²) in [6, 6.07) is 13.1. The second-order valence-corrected chi connectivity index (χ2v) is 9.35. The van der Waals surface area contributed by atoms with Crippen molar-refractivity contribution < 1.29 is 23.5 Å². The van der Waals surface area contributed by atoms with Gasteiger partial charge in [-0.2, -0.15) is 0 Å². The molecule has 0 radical (unpaired) electrons. The van der Waals surface area contributed by atoms with E-state index in [1.807, 2.05) is 26.8 Å². The van der Waals surface area contributed by atoms with Gasteiger partial charge >= 0.3 is 0 Å². The normalized spacial score (nSPS) is 15.1. The Kier molecular flexibility index (Phi) is 6.93. The molecule has 0 saturated carbocycles. The van der Waals surface area contributed by atoms with Gasteiger partial charge in [-0.1, -0.05) is 17.9 Å². The third-order valence-electron chi connectivity index (χ3n) is 5.24. The standard InChI is InChI=1S/C28H26FN3O4/c1-28(2,3)12-10-18-8-9-25-24(14-18)32(4)27(34)23(17-35-25)31-26(33)22-16-21(11-13-30-22)36-20-7-5-6-19(29)15-20/h5-9,11,13-16,23H,17H2,1-4H3,(H,31,33)/t23-/m1/s1. The average molecular weight is 488 g/mol. The Bertz CT molecular complexity index is 1370. The van der Waals surface area contributed by atoms with Crippen molar-refractivity contribution in [3.05, 3.63) is 77.9 Å². The summed E-state index contributed by atoms with van der Waals surface area (Å²) in [5, 5.41) is 2.69. The van der Waals surface area contributed by atoms with Crippen LogP contribution in [0.15, 0.2) is 60.8 Å². The number of hydrogen-bond acceptors (Lipinski definition) is 5. The first kappa shape index (κ1) is 24.7. The second kappa shape index (κ2) is 10.1. The molecule has 2 amide bonds. The first-order valence-corrected chi connectivity index (χ1v) is 11.4. The number of nitrogens with one attached hydrogen (secondary N) is 1. The number of nitrogens with zero attached hydrogens (tertiary/aromatic N) is 2. The van der Waals surface area contributed by atoms with Crippen LogP contribution in [0.4, 0.5) is 10.1 Å². The molecule has 1 aliphatic rings. The van der Waals surface area contributed by atoms with E-state index in [4.69, 9.17) is 9.47 Å². The van der Waals surface area contributed by atoms with E-state index in [-0.39, 0.29) is 29.4 Å². The van der Waals surface area contributed by atoms with Crippen molar-refractivity contribution in [3.63, 3.8) is 0 Å². The maximum Gasteiger partial charge on any atom is 0.270 e. The number of anilines is 1. The van der Waals surface area contributed by atoms with Crippen molar-refractivity contribution in [2.45, 2.75) is 26.8 Å². The van der Waals surface area contributed by atoms with Gasteiger partial charge in [-0.25, -0.2) is 4.39 Å². The summed E-state index contributed by atoms with van der Waals surface area (Å²) < 4.78 is 24.9. The summed E-state index contributed by atoms with van der Waals surface area (Å²) >= 11 is 0. The summed E-state index contributed by atoms with van der Waals surface area (Å²) in [6.07, 6.45) is 1.40. The molecule has 36 heavy (non-hydrogen) atoms. The Balaban J connectivity index is 1.48. The number of benzene rings is 2. The number of amides is 2. The molecule has 1 aliphatic heterocycles. The smallest absolute Gasteiger partial charge is 0.270 e. The number of ether oxygens (including phenoxy) is 2. The third kappa shape index (κ3) is 5.99. The van der Waals surface area contributed by atoms with Gasteiger partial charge in [0.1, 0.15) is 41.4 Å². The number of rotatable bonds is 4. The zero-order chi connectivity index (χ0) is 25.9. The Morgan fingerprint density at radius 2 is 1.94 bits per heavy atom. The molecule has 7 nitrogen and oxygen atoms in total. The Hall–Kier alpha value is -4.38. The third-order valence-corrected chi connectivity index (χ3v) is 5.24. The number of carbonyl (C=O) groups excluding carboxylic acids is 2. The molecule has 0 spiro atoms. The van der Waals surface area contributed by atoms with E-state index in [2.05, 4.69) is 22.1 Å². The van der Waals surface area contributed by atoms with Gasteiger partial charge in [0, 0.05) is 36.4 Å². The van der Waals surface area contributed by atoms with Gasteiger partial charge in [0.2, 0.25) is 0 Å². The number of pyridine rings is 1. The second-order valence-electron chi connectivity index (χ2n) is 9.35. The van der Waals surface area contributed by atoms with Crippen LogP contribution in [0, 0.1) is 23.1 Å². The molecular weight excluding hydrogens is 461 g/mol. The molecule has 2 heterocycles. The highest BCUT2D eigenvalue weighted by molar-refractivity contribution is 6.03. The number of halogens is 1. The summed E-state index contributed by atoms with van der Waals surface area (Å²) in [4.78, 5) is 31.6. The van der Waals surface area contributed by atoms with Crippen LogP contribution in [0.2, 0.25) is 0 Å². The summed E-state index contributed by atoms with van der Waals surface area (Å²) in [6.45, 7) is 6.02. The van der Waals surface area contributed by atoms with E-state index >= 15 is 0 Å². The molecule has 0 unspecified atom stereocenters. The minimum atomic E-state index is -0.936. The molecule has 1 atom stereocenters. The monoisotopic (exact) mass is 487 g/mol. The van der Waals surface area contributed by atoms with Gasteiger partial charge < -0.3 is 19.7 Å². The number of carbonyl (C=O) groups is 2. The maximum absolute atomic E-state index is 13.4. The van der Waals surface area contributed by atoms with Crippen LogP contribution in [0.25, 0.3) is 0 Å². The summed E-state index contributed by atoms with van der Waals surface area (Å²) in [5.41, 5.74) is 1.21. The number of hydrogen-bond donors (Lipinski definition) is 1. The molecule has 0 saturated heterocycles. The van der Waals surface area contributed by atoms with Crippen molar-refractivity contribution >= 4 is 17.5 Å². The number of fused-ring (bicyclic) bond motifs is 1. The molecule has 2 aromatic carbocycles.